The zero-order valence-electron chi connectivity index (χ0n) is 16.4. The number of hydrogen-bond donors (Lipinski definition) is 0. The molecule has 6 rings (SSSR count). The summed E-state index contributed by atoms with van der Waals surface area (Å²) in [5, 5.41) is 0.919. The molecular formula is C23H22N4O2. The van der Waals surface area contributed by atoms with E-state index in [1.165, 1.54) is 18.4 Å². The fourth-order valence-electron chi connectivity index (χ4n) is 5.36. The lowest BCUT2D eigenvalue weighted by molar-refractivity contribution is 0.337. The van der Waals surface area contributed by atoms with E-state index in [0.29, 0.717) is 28.5 Å². The molecular weight excluding hydrogens is 364 g/mol. The lowest BCUT2D eigenvalue weighted by Crippen LogP contribution is -2.20. The molecule has 0 saturated heterocycles. The maximum Gasteiger partial charge on any atom is 0.345 e. The van der Waals surface area contributed by atoms with Gasteiger partial charge >= 0.3 is 5.63 Å². The Morgan fingerprint density at radius 2 is 2.00 bits per heavy atom. The lowest BCUT2D eigenvalue weighted by Gasteiger charge is -2.18. The number of benzene rings is 1. The summed E-state index contributed by atoms with van der Waals surface area (Å²) < 4.78 is 7.51. The molecule has 2 saturated carbocycles. The van der Waals surface area contributed by atoms with Crippen molar-refractivity contribution in [3.05, 3.63) is 64.9 Å². The van der Waals surface area contributed by atoms with Crippen LogP contribution in [0.5, 0.6) is 0 Å². The van der Waals surface area contributed by atoms with Crippen LogP contribution in [-0.4, -0.2) is 39.4 Å². The van der Waals surface area contributed by atoms with Gasteiger partial charge in [-0.1, -0.05) is 12.1 Å². The Morgan fingerprint density at radius 3 is 2.76 bits per heavy atom. The molecule has 6 heteroatoms. The lowest BCUT2D eigenvalue weighted by atomic mass is 9.92. The van der Waals surface area contributed by atoms with Crippen LogP contribution in [0.1, 0.15) is 24.3 Å². The van der Waals surface area contributed by atoms with E-state index in [1.54, 1.807) is 16.8 Å². The highest BCUT2D eigenvalue weighted by atomic mass is 16.4. The van der Waals surface area contributed by atoms with Gasteiger partial charge < -0.3 is 9.32 Å². The Morgan fingerprint density at radius 1 is 1.17 bits per heavy atom. The molecule has 1 aromatic carbocycles. The van der Waals surface area contributed by atoms with Crippen molar-refractivity contribution >= 4 is 16.7 Å². The number of rotatable bonds is 3. The third kappa shape index (κ3) is 2.63. The smallest absolute Gasteiger partial charge is 0.345 e. The normalized spacial score (nSPS) is 25.8. The molecule has 0 bridgehead atoms. The molecule has 0 spiro atoms. The summed E-state index contributed by atoms with van der Waals surface area (Å²) in [4.78, 5) is 23.7. The topological polar surface area (TPSA) is 63.6 Å². The first-order valence-electron chi connectivity index (χ1n) is 10.1. The average molecular weight is 386 g/mol. The number of imidazole rings is 1. The largest absolute Gasteiger partial charge is 0.422 e. The summed E-state index contributed by atoms with van der Waals surface area (Å²) in [6, 6.07) is 10.8. The van der Waals surface area contributed by atoms with E-state index in [2.05, 4.69) is 47.2 Å². The Balaban J connectivity index is 1.33. The molecule has 4 atom stereocenters. The molecule has 3 aromatic heterocycles. The summed E-state index contributed by atoms with van der Waals surface area (Å²) in [5.41, 5.74) is 2.62. The Labute approximate surface area is 167 Å². The van der Waals surface area contributed by atoms with Gasteiger partial charge in [0, 0.05) is 30.0 Å². The van der Waals surface area contributed by atoms with Crippen LogP contribution in [0.15, 0.2) is 58.1 Å². The minimum absolute atomic E-state index is 0.361. The van der Waals surface area contributed by atoms with Crippen molar-refractivity contribution in [1.29, 1.82) is 0 Å². The fraction of sp³-hybridized carbons (Fsp3) is 0.348. The van der Waals surface area contributed by atoms with Gasteiger partial charge in [0.05, 0.1) is 11.3 Å². The van der Waals surface area contributed by atoms with E-state index in [9.17, 15) is 4.79 Å². The molecule has 146 valence electrons. The van der Waals surface area contributed by atoms with Gasteiger partial charge in [0.1, 0.15) is 5.58 Å². The summed E-state index contributed by atoms with van der Waals surface area (Å²) >= 11 is 0. The van der Waals surface area contributed by atoms with Crippen molar-refractivity contribution in [2.75, 3.05) is 14.1 Å². The van der Waals surface area contributed by atoms with Crippen LogP contribution in [0.3, 0.4) is 0 Å². The second kappa shape index (κ2) is 6.00. The Kier molecular flexibility index (Phi) is 3.50. The highest BCUT2D eigenvalue weighted by Gasteiger charge is 2.56. The molecule has 2 aliphatic rings. The van der Waals surface area contributed by atoms with Crippen molar-refractivity contribution in [3.8, 4) is 11.3 Å². The van der Waals surface area contributed by atoms with Gasteiger partial charge in [-0.2, -0.15) is 0 Å². The molecule has 29 heavy (non-hydrogen) atoms. The van der Waals surface area contributed by atoms with Crippen molar-refractivity contribution in [2.24, 2.45) is 11.8 Å². The molecule has 0 aliphatic heterocycles. The number of aromatic nitrogens is 3. The molecule has 0 N–H and O–H groups in total. The monoisotopic (exact) mass is 386 g/mol. The molecule has 0 amide bonds. The van der Waals surface area contributed by atoms with Crippen LogP contribution in [0.25, 0.3) is 28.0 Å². The Bertz CT molecular complexity index is 1260. The predicted octanol–water partition coefficient (Wildman–Crippen LogP) is 3.56. The standard InChI is InChI=1S/C23H22N4O2/c1-26(2)21-16-9-15(10-17(16)21)13-4-5-14-8-18(22(28)29-20(14)11-13)19-12-27-7-3-6-24-23(27)25-19/h3-8,11-12,15-17,21H,9-10H2,1-2H3/t15?,16-,17+,21?. The van der Waals surface area contributed by atoms with E-state index in [4.69, 9.17) is 4.42 Å². The minimum atomic E-state index is -0.361. The predicted molar refractivity (Wildman–Crippen MR) is 111 cm³/mol. The van der Waals surface area contributed by atoms with E-state index < -0.39 is 0 Å². The SMILES string of the molecule is CN(C)C1[C@H]2CC(c3ccc4cc(-c5cn6cccnc6n5)c(=O)oc4c3)C[C@@H]12. The van der Waals surface area contributed by atoms with Crippen molar-refractivity contribution in [1.82, 2.24) is 19.3 Å². The van der Waals surface area contributed by atoms with E-state index in [1.807, 2.05) is 18.3 Å². The van der Waals surface area contributed by atoms with Gasteiger partial charge in [0.15, 0.2) is 0 Å². The second-order valence-electron chi connectivity index (χ2n) is 8.65. The van der Waals surface area contributed by atoms with E-state index in [0.717, 1.165) is 23.3 Å². The van der Waals surface area contributed by atoms with Crippen molar-refractivity contribution in [2.45, 2.75) is 24.8 Å². The average Bonchev–Trinajstić information content (AvgIpc) is 3.04. The molecule has 6 nitrogen and oxygen atoms in total. The zero-order chi connectivity index (χ0) is 19.7. The van der Waals surface area contributed by atoms with Crippen LogP contribution < -0.4 is 5.63 Å². The first kappa shape index (κ1) is 16.9. The van der Waals surface area contributed by atoms with Gasteiger partial charge in [-0.25, -0.2) is 14.8 Å². The van der Waals surface area contributed by atoms with Gasteiger partial charge in [-0.05, 0) is 68.5 Å². The van der Waals surface area contributed by atoms with Gasteiger partial charge in [0.2, 0.25) is 5.78 Å². The summed E-state index contributed by atoms with van der Waals surface area (Å²) in [6.07, 6.45) is 7.82. The summed E-state index contributed by atoms with van der Waals surface area (Å²) in [7, 11) is 4.36. The van der Waals surface area contributed by atoms with Crippen molar-refractivity contribution in [3.63, 3.8) is 0 Å². The molecule has 2 fully saturated rings. The van der Waals surface area contributed by atoms with Crippen LogP contribution in [-0.2, 0) is 0 Å². The van der Waals surface area contributed by atoms with Crippen LogP contribution in [0.4, 0.5) is 0 Å². The van der Waals surface area contributed by atoms with Gasteiger partial charge in [-0.15, -0.1) is 0 Å². The number of hydrogen-bond acceptors (Lipinski definition) is 5. The first-order valence-corrected chi connectivity index (χ1v) is 10.1. The number of nitrogens with zero attached hydrogens (tertiary/aromatic N) is 4. The first-order chi connectivity index (χ1) is 14.1. The van der Waals surface area contributed by atoms with Gasteiger partial charge in [0.25, 0.3) is 0 Å². The highest BCUT2D eigenvalue weighted by molar-refractivity contribution is 5.81. The van der Waals surface area contributed by atoms with Crippen LogP contribution in [0.2, 0.25) is 0 Å². The third-order valence-electron chi connectivity index (χ3n) is 6.74. The third-order valence-corrected chi connectivity index (χ3v) is 6.74. The highest BCUT2D eigenvalue weighted by Crippen LogP contribution is 2.59. The van der Waals surface area contributed by atoms with Crippen LogP contribution >= 0.6 is 0 Å². The molecule has 2 unspecified atom stereocenters. The maximum atomic E-state index is 12.7. The number of fused-ring (bicyclic) bond motifs is 3. The minimum Gasteiger partial charge on any atom is -0.422 e. The van der Waals surface area contributed by atoms with Crippen LogP contribution in [0, 0.1) is 11.8 Å². The molecule has 4 aromatic rings. The maximum absolute atomic E-state index is 12.7. The Hall–Kier alpha value is -2.99. The summed E-state index contributed by atoms with van der Waals surface area (Å²) in [5.74, 6) is 2.78. The van der Waals surface area contributed by atoms with E-state index in [-0.39, 0.29) is 5.63 Å². The summed E-state index contributed by atoms with van der Waals surface area (Å²) in [6.45, 7) is 0. The quantitative estimate of drug-likeness (QED) is 0.504. The molecule has 0 radical (unpaired) electrons. The van der Waals surface area contributed by atoms with E-state index >= 15 is 0 Å². The zero-order valence-corrected chi connectivity index (χ0v) is 16.4. The fourth-order valence-corrected chi connectivity index (χ4v) is 5.36. The second-order valence-corrected chi connectivity index (χ2v) is 8.65. The van der Waals surface area contributed by atoms with Gasteiger partial charge in [-0.3, -0.25) is 4.40 Å². The molecule has 3 heterocycles. The van der Waals surface area contributed by atoms with Crippen molar-refractivity contribution < 1.29 is 4.42 Å². The molecule has 2 aliphatic carbocycles.